The Kier molecular flexibility index (Phi) is 4.98. The first-order valence-corrected chi connectivity index (χ1v) is 10.7. The summed E-state index contributed by atoms with van der Waals surface area (Å²) in [5.41, 5.74) is 2.09. The molecule has 2 N–H and O–H groups in total. The quantitative estimate of drug-likeness (QED) is 0.585. The third kappa shape index (κ3) is 3.87. The summed E-state index contributed by atoms with van der Waals surface area (Å²) < 4.78 is 12.5. The van der Waals surface area contributed by atoms with Crippen molar-refractivity contribution in [3.8, 4) is 5.75 Å². The zero-order valence-corrected chi connectivity index (χ0v) is 18.5. The molecular formula is C23H26N2O4S. The topological polar surface area (TPSA) is 80.7 Å². The second-order valence-electron chi connectivity index (χ2n) is 8.77. The number of esters is 1. The largest absolute Gasteiger partial charge is 0.461 e. The number of ether oxygens (including phenoxy) is 2. The van der Waals surface area contributed by atoms with Gasteiger partial charge in [0.15, 0.2) is 5.13 Å². The van der Waals surface area contributed by atoms with Crippen LogP contribution in [0.25, 0.3) is 10.2 Å². The molecule has 2 aromatic carbocycles. The number of rotatable bonds is 3. The molecule has 0 spiro atoms. The molecule has 0 unspecified atom stereocenters. The fourth-order valence-corrected chi connectivity index (χ4v) is 4.75. The maximum Gasteiger partial charge on any atom is 0.318 e. The summed E-state index contributed by atoms with van der Waals surface area (Å²) in [6.45, 7) is 8.92. The zero-order valence-electron chi connectivity index (χ0n) is 17.7. The Bertz CT molecular complexity index is 1100. The second-order valence-corrected chi connectivity index (χ2v) is 9.80. The number of aryl methyl sites for hydroxylation is 1. The van der Waals surface area contributed by atoms with Crippen molar-refractivity contribution >= 4 is 32.7 Å². The summed E-state index contributed by atoms with van der Waals surface area (Å²) >= 11 is 1.51. The van der Waals surface area contributed by atoms with Crippen LogP contribution in [-0.2, 0) is 9.53 Å². The number of nitrogens with one attached hydrogen (secondary N) is 1. The van der Waals surface area contributed by atoms with Crippen molar-refractivity contribution in [3.05, 3.63) is 53.6 Å². The van der Waals surface area contributed by atoms with Gasteiger partial charge in [-0.3, -0.25) is 4.79 Å². The van der Waals surface area contributed by atoms with Gasteiger partial charge >= 0.3 is 5.97 Å². The van der Waals surface area contributed by atoms with Gasteiger partial charge in [0.25, 0.3) is 0 Å². The molecular weight excluding hydrogens is 400 g/mol. The van der Waals surface area contributed by atoms with E-state index < -0.39 is 29.3 Å². The van der Waals surface area contributed by atoms with E-state index in [1.165, 1.54) is 18.3 Å². The minimum atomic E-state index is -1.75. The maximum atomic E-state index is 13.1. The summed E-state index contributed by atoms with van der Waals surface area (Å²) in [7, 11) is 0. The van der Waals surface area contributed by atoms with Crippen LogP contribution in [0.3, 0.4) is 0 Å². The lowest BCUT2D eigenvalue weighted by molar-refractivity contribution is -0.206. The molecule has 7 heteroatoms. The van der Waals surface area contributed by atoms with Gasteiger partial charge in [0.2, 0.25) is 5.79 Å². The number of nitrogens with zero attached hydrogens (tertiary/aromatic N) is 1. The van der Waals surface area contributed by atoms with Gasteiger partial charge in [-0.15, -0.1) is 0 Å². The van der Waals surface area contributed by atoms with E-state index in [1.807, 2.05) is 43.3 Å². The van der Waals surface area contributed by atoms with Crippen molar-refractivity contribution < 1.29 is 19.4 Å². The predicted molar refractivity (Wildman–Crippen MR) is 118 cm³/mol. The molecule has 30 heavy (non-hydrogen) atoms. The molecule has 4 rings (SSSR count). The highest BCUT2D eigenvalue weighted by Gasteiger charge is 2.52. The fraction of sp³-hybridized carbons (Fsp3) is 0.391. The molecule has 0 bridgehead atoms. The minimum absolute atomic E-state index is 0.525. The SMILES string of the molecule is Cc1cccc2sc(N[C@@H]3c4ccccc4O[C@@](C)(O)[C@H]3C(=O)OC(C)(C)C)nc12. The van der Waals surface area contributed by atoms with Crippen LogP contribution >= 0.6 is 11.3 Å². The number of fused-ring (bicyclic) bond motifs is 2. The van der Waals surface area contributed by atoms with Gasteiger partial charge in [0, 0.05) is 12.5 Å². The van der Waals surface area contributed by atoms with E-state index >= 15 is 0 Å². The lowest BCUT2D eigenvalue weighted by Crippen LogP contribution is -2.53. The van der Waals surface area contributed by atoms with Crippen LogP contribution in [-0.4, -0.2) is 27.4 Å². The van der Waals surface area contributed by atoms with E-state index in [4.69, 9.17) is 14.5 Å². The molecule has 0 fully saturated rings. The van der Waals surface area contributed by atoms with Gasteiger partial charge in [-0.1, -0.05) is 41.7 Å². The zero-order chi connectivity index (χ0) is 21.7. The normalized spacial score (nSPS) is 23.5. The fourth-order valence-electron chi connectivity index (χ4n) is 3.77. The van der Waals surface area contributed by atoms with Crippen LogP contribution in [0.4, 0.5) is 5.13 Å². The molecule has 158 valence electrons. The summed E-state index contributed by atoms with van der Waals surface area (Å²) in [5, 5.41) is 15.2. The van der Waals surface area contributed by atoms with Crippen molar-refractivity contribution in [2.75, 3.05) is 5.32 Å². The average molecular weight is 427 g/mol. The Labute approximate surface area is 179 Å². The van der Waals surface area contributed by atoms with E-state index in [-0.39, 0.29) is 0 Å². The molecule has 0 radical (unpaired) electrons. The summed E-state index contributed by atoms with van der Waals surface area (Å²) in [6, 6.07) is 12.9. The van der Waals surface area contributed by atoms with E-state index in [0.29, 0.717) is 10.9 Å². The average Bonchev–Trinajstić information content (AvgIpc) is 3.03. The standard InChI is InChI=1S/C23H26N2O4S/c1-13-9-8-12-16-18(13)24-21(30-16)25-19-14-10-6-7-11-15(14)28-23(5,27)17(19)20(26)29-22(2,3)4/h6-12,17,19,27H,1-5H3,(H,24,25)/t17-,19-,23-/m1/s1. The Morgan fingerprint density at radius 1 is 1.23 bits per heavy atom. The lowest BCUT2D eigenvalue weighted by atomic mass is 9.83. The first-order valence-electron chi connectivity index (χ1n) is 9.91. The van der Waals surface area contributed by atoms with Gasteiger partial charge in [-0.25, -0.2) is 4.98 Å². The van der Waals surface area contributed by atoms with Crippen LogP contribution in [0.15, 0.2) is 42.5 Å². The van der Waals surface area contributed by atoms with E-state index in [1.54, 1.807) is 26.8 Å². The number of para-hydroxylation sites is 2. The van der Waals surface area contributed by atoms with Crippen LogP contribution < -0.4 is 10.1 Å². The number of benzene rings is 2. The maximum absolute atomic E-state index is 13.1. The van der Waals surface area contributed by atoms with Crippen molar-refractivity contribution in [2.45, 2.75) is 52.0 Å². The number of hydrogen-bond acceptors (Lipinski definition) is 7. The molecule has 3 atom stereocenters. The van der Waals surface area contributed by atoms with Gasteiger partial charge in [0.05, 0.1) is 16.3 Å². The predicted octanol–water partition coefficient (Wildman–Crippen LogP) is 4.82. The number of aliphatic hydroxyl groups is 1. The molecule has 0 saturated carbocycles. The van der Waals surface area contributed by atoms with Crippen molar-refractivity contribution in [1.82, 2.24) is 4.98 Å². The molecule has 2 heterocycles. The number of aromatic nitrogens is 1. The summed E-state index contributed by atoms with van der Waals surface area (Å²) in [6.07, 6.45) is 0. The number of thiazole rings is 1. The molecule has 1 aromatic heterocycles. The Morgan fingerprint density at radius 3 is 2.67 bits per heavy atom. The first kappa shape index (κ1) is 20.6. The van der Waals surface area contributed by atoms with Crippen molar-refractivity contribution in [1.29, 1.82) is 0 Å². The van der Waals surface area contributed by atoms with Gasteiger partial charge in [-0.05, 0) is 45.4 Å². The summed E-state index contributed by atoms with van der Waals surface area (Å²) in [5.74, 6) is -2.74. The van der Waals surface area contributed by atoms with Crippen LogP contribution in [0, 0.1) is 12.8 Å². The third-order valence-corrected chi connectivity index (χ3v) is 5.99. The molecule has 6 nitrogen and oxygen atoms in total. The van der Waals surface area contributed by atoms with E-state index in [9.17, 15) is 9.90 Å². The molecule has 0 amide bonds. The third-order valence-electron chi connectivity index (χ3n) is 5.04. The van der Waals surface area contributed by atoms with E-state index in [2.05, 4.69) is 5.32 Å². The molecule has 1 aliphatic rings. The Morgan fingerprint density at radius 2 is 1.97 bits per heavy atom. The van der Waals surface area contributed by atoms with Crippen LogP contribution in [0.2, 0.25) is 0 Å². The van der Waals surface area contributed by atoms with Gasteiger partial charge in [0.1, 0.15) is 17.3 Å². The number of carbonyl (C=O) groups is 1. The highest BCUT2D eigenvalue weighted by molar-refractivity contribution is 7.22. The number of hydrogen-bond donors (Lipinski definition) is 2. The van der Waals surface area contributed by atoms with Crippen molar-refractivity contribution in [2.24, 2.45) is 5.92 Å². The first-order chi connectivity index (χ1) is 14.0. The van der Waals surface area contributed by atoms with Crippen molar-refractivity contribution in [3.63, 3.8) is 0 Å². The highest BCUT2D eigenvalue weighted by Crippen LogP contribution is 2.46. The lowest BCUT2D eigenvalue weighted by Gasteiger charge is -2.42. The molecule has 0 saturated heterocycles. The number of anilines is 1. The number of carbonyl (C=O) groups excluding carboxylic acids is 1. The minimum Gasteiger partial charge on any atom is -0.461 e. The van der Waals surface area contributed by atoms with Crippen LogP contribution in [0.5, 0.6) is 5.75 Å². The summed E-state index contributed by atoms with van der Waals surface area (Å²) in [4.78, 5) is 17.9. The van der Waals surface area contributed by atoms with Gasteiger partial charge < -0.3 is 19.9 Å². The highest BCUT2D eigenvalue weighted by atomic mass is 32.1. The Balaban J connectivity index is 1.78. The van der Waals surface area contributed by atoms with Gasteiger partial charge in [-0.2, -0.15) is 0 Å². The van der Waals surface area contributed by atoms with Crippen LogP contribution in [0.1, 0.15) is 44.9 Å². The Hall–Kier alpha value is -2.64. The van der Waals surface area contributed by atoms with E-state index in [0.717, 1.165) is 21.3 Å². The monoisotopic (exact) mass is 426 g/mol. The smallest absolute Gasteiger partial charge is 0.318 e. The second kappa shape index (κ2) is 7.25. The molecule has 0 aliphatic carbocycles. The molecule has 3 aromatic rings. The molecule has 1 aliphatic heterocycles.